The van der Waals surface area contributed by atoms with E-state index in [1.165, 1.54) is 5.56 Å². The normalized spacial score (nSPS) is 12.1. The first kappa shape index (κ1) is 19.5. The summed E-state index contributed by atoms with van der Waals surface area (Å²) in [5.74, 6) is -0.881. The highest BCUT2D eigenvalue weighted by Gasteiger charge is 2.17. The van der Waals surface area contributed by atoms with Crippen molar-refractivity contribution in [3.63, 3.8) is 0 Å². The van der Waals surface area contributed by atoms with Gasteiger partial charge in [-0.05, 0) is 35.2 Å². The molecule has 0 aliphatic heterocycles. The van der Waals surface area contributed by atoms with E-state index in [4.69, 9.17) is 4.74 Å². The number of benzene rings is 2. The van der Waals surface area contributed by atoms with E-state index in [0.29, 0.717) is 11.7 Å². The number of rotatable bonds is 8. The zero-order chi connectivity index (χ0) is 20.1. The molecule has 6 nitrogen and oxygen atoms in total. The smallest absolute Gasteiger partial charge is 0.258 e. The van der Waals surface area contributed by atoms with Crippen molar-refractivity contribution in [2.24, 2.45) is 0 Å². The van der Waals surface area contributed by atoms with Gasteiger partial charge in [-0.25, -0.2) is 0 Å². The van der Waals surface area contributed by atoms with Crippen LogP contribution < -0.4 is 15.2 Å². The molecule has 0 fully saturated rings. The molecular weight excluding hydrogens is 356 g/mol. The van der Waals surface area contributed by atoms with Gasteiger partial charge in [0.25, 0.3) is 5.91 Å². The standard InChI is InChI=1S/C22H24N2O4/c1-14(2)15-7-9-17(10-8-15)28-13-21(25)24-20(22(26)27)11-16-12-23-19-6-4-3-5-18(16)19/h3-10,12,14,20,23H,11,13H2,1-2H3,(H,24,25)(H,26,27)/p-1/t20-/m1/s1. The molecule has 3 rings (SSSR count). The summed E-state index contributed by atoms with van der Waals surface area (Å²) in [4.78, 5) is 26.8. The Kier molecular flexibility index (Phi) is 5.99. The summed E-state index contributed by atoms with van der Waals surface area (Å²) >= 11 is 0. The van der Waals surface area contributed by atoms with Crippen molar-refractivity contribution >= 4 is 22.8 Å². The highest BCUT2D eigenvalue weighted by atomic mass is 16.5. The van der Waals surface area contributed by atoms with Gasteiger partial charge in [0, 0.05) is 23.5 Å². The Morgan fingerprint density at radius 1 is 1.11 bits per heavy atom. The Bertz CT molecular complexity index is 960. The minimum absolute atomic E-state index is 0.126. The summed E-state index contributed by atoms with van der Waals surface area (Å²) in [6, 6.07) is 13.9. The predicted octanol–water partition coefficient (Wildman–Crippen LogP) is 2.15. The van der Waals surface area contributed by atoms with Gasteiger partial charge >= 0.3 is 0 Å². The molecular formula is C22H23N2O4-. The molecule has 1 aromatic heterocycles. The van der Waals surface area contributed by atoms with E-state index in [-0.39, 0.29) is 13.0 Å². The first-order chi connectivity index (χ1) is 13.4. The van der Waals surface area contributed by atoms with E-state index in [9.17, 15) is 14.7 Å². The largest absolute Gasteiger partial charge is 0.548 e. The van der Waals surface area contributed by atoms with Crippen molar-refractivity contribution in [1.29, 1.82) is 0 Å². The van der Waals surface area contributed by atoms with Crippen molar-refractivity contribution in [3.05, 3.63) is 65.9 Å². The molecule has 28 heavy (non-hydrogen) atoms. The van der Waals surface area contributed by atoms with Crippen molar-refractivity contribution in [2.45, 2.75) is 32.2 Å². The van der Waals surface area contributed by atoms with E-state index in [0.717, 1.165) is 16.5 Å². The number of para-hydroxylation sites is 1. The van der Waals surface area contributed by atoms with E-state index in [1.807, 2.05) is 36.4 Å². The molecule has 3 aromatic rings. The number of ether oxygens (including phenoxy) is 1. The van der Waals surface area contributed by atoms with Gasteiger partial charge in [0.2, 0.25) is 0 Å². The predicted molar refractivity (Wildman–Crippen MR) is 105 cm³/mol. The number of aromatic amines is 1. The fourth-order valence-electron chi connectivity index (χ4n) is 3.05. The van der Waals surface area contributed by atoms with Gasteiger partial charge in [-0.3, -0.25) is 4.79 Å². The maximum absolute atomic E-state index is 12.2. The number of nitrogens with one attached hydrogen (secondary N) is 2. The molecule has 0 aliphatic rings. The molecule has 0 unspecified atom stereocenters. The first-order valence-electron chi connectivity index (χ1n) is 9.22. The first-order valence-corrected chi connectivity index (χ1v) is 9.22. The molecule has 1 amide bonds. The van der Waals surface area contributed by atoms with Gasteiger partial charge in [0.15, 0.2) is 6.61 Å². The number of carbonyl (C=O) groups excluding carboxylic acids is 2. The van der Waals surface area contributed by atoms with Gasteiger partial charge in [-0.15, -0.1) is 0 Å². The minimum atomic E-state index is -1.33. The Labute approximate surface area is 163 Å². The molecule has 146 valence electrons. The number of H-pyrrole nitrogens is 1. The highest BCUT2D eigenvalue weighted by Crippen LogP contribution is 2.20. The van der Waals surface area contributed by atoms with Crippen molar-refractivity contribution in [3.8, 4) is 5.75 Å². The summed E-state index contributed by atoms with van der Waals surface area (Å²) < 4.78 is 5.46. The second kappa shape index (κ2) is 8.61. The van der Waals surface area contributed by atoms with Crippen LogP contribution >= 0.6 is 0 Å². The van der Waals surface area contributed by atoms with E-state index in [1.54, 1.807) is 18.3 Å². The molecule has 1 atom stereocenters. The molecule has 0 spiro atoms. The fourth-order valence-corrected chi connectivity index (χ4v) is 3.05. The second-order valence-corrected chi connectivity index (χ2v) is 7.02. The van der Waals surface area contributed by atoms with E-state index in [2.05, 4.69) is 24.1 Å². The van der Waals surface area contributed by atoms with Crippen molar-refractivity contribution in [2.75, 3.05) is 6.61 Å². The number of amides is 1. The molecule has 6 heteroatoms. The van der Waals surface area contributed by atoms with Crippen LogP contribution in [0, 0.1) is 0 Å². The SMILES string of the molecule is CC(C)c1ccc(OCC(=O)N[C@H](Cc2c[nH]c3ccccc23)C(=O)[O-])cc1. The third kappa shape index (κ3) is 4.71. The van der Waals surface area contributed by atoms with Crippen LogP contribution in [-0.4, -0.2) is 29.5 Å². The molecule has 0 bridgehead atoms. The van der Waals surface area contributed by atoms with Crippen LogP contribution in [0.2, 0.25) is 0 Å². The van der Waals surface area contributed by atoms with Gasteiger partial charge in [0.1, 0.15) is 5.75 Å². The lowest BCUT2D eigenvalue weighted by Crippen LogP contribution is -2.50. The Hall–Kier alpha value is -3.28. The number of hydrogen-bond acceptors (Lipinski definition) is 4. The molecule has 2 aromatic carbocycles. The zero-order valence-electron chi connectivity index (χ0n) is 15.9. The van der Waals surface area contributed by atoms with Crippen LogP contribution in [0.3, 0.4) is 0 Å². The number of aromatic nitrogens is 1. The topological polar surface area (TPSA) is 94.2 Å². The minimum Gasteiger partial charge on any atom is -0.548 e. The maximum atomic E-state index is 12.2. The molecule has 0 saturated carbocycles. The summed E-state index contributed by atoms with van der Waals surface area (Å²) in [6.45, 7) is 3.92. The van der Waals surface area contributed by atoms with Crippen molar-refractivity contribution in [1.82, 2.24) is 10.3 Å². The van der Waals surface area contributed by atoms with E-state index < -0.39 is 17.9 Å². The average Bonchev–Trinajstić information content (AvgIpc) is 3.09. The lowest BCUT2D eigenvalue weighted by atomic mass is 10.0. The third-order valence-corrected chi connectivity index (χ3v) is 4.64. The van der Waals surface area contributed by atoms with Gasteiger partial charge in [-0.2, -0.15) is 0 Å². The van der Waals surface area contributed by atoms with Gasteiger partial charge in [-0.1, -0.05) is 44.2 Å². The summed E-state index contributed by atoms with van der Waals surface area (Å²) in [7, 11) is 0. The van der Waals surface area contributed by atoms with Crippen LogP contribution in [0.25, 0.3) is 10.9 Å². The van der Waals surface area contributed by atoms with E-state index >= 15 is 0 Å². The third-order valence-electron chi connectivity index (χ3n) is 4.64. The number of carboxylic acid groups (broad SMARTS) is 1. The fraction of sp³-hybridized carbons (Fsp3) is 0.273. The number of aliphatic carboxylic acids is 1. The molecule has 0 saturated heterocycles. The number of hydrogen-bond donors (Lipinski definition) is 2. The molecule has 0 aliphatic carbocycles. The summed E-state index contributed by atoms with van der Waals surface area (Å²) in [5, 5.41) is 14.9. The van der Waals surface area contributed by atoms with Crippen LogP contribution in [0.4, 0.5) is 0 Å². The van der Waals surface area contributed by atoms with Crippen LogP contribution in [0.5, 0.6) is 5.75 Å². The lowest BCUT2D eigenvalue weighted by molar-refractivity contribution is -0.308. The number of carboxylic acids is 1. The quantitative estimate of drug-likeness (QED) is 0.627. The van der Waals surface area contributed by atoms with Crippen LogP contribution in [0.1, 0.15) is 30.9 Å². The number of carbonyl (C=O) groups is 2. The Morgan fingerprint density at radius 2 is 1.82 bits per heavy atom. The van der Waals surface area contributed by atoms with Gasteiger partial charge < -0.3 is 24.9 Å². The lowest BCUT2D eigenvalue weighted by Gasteiger charge is -2.19. The molecule has 1 heterocycles. The molecule has 0 radical (unpaired) electrons. The Morgan fingerprint density at radius 3 is 2.50 bits per heavy atom. The second-order valence-electron chi connectivity index (χ2n) is 7.02. The summed E-state index contributed by atoms with van der Waals surface area (Å²) in [6.07, 6.45) is 1.88. The van der Waals surface area contributed by atoms with Crippen molar-refractivity contribution < 1.29 is 19.4 Å². The highest BCUT2D eigenvalue weighted by molar-refractivity contribution is 5.86. The van der Waals surface area contributed by atoms with Crippen LogP contribution in [0.15, 0.2) is 54.7 Å². The monoisotopic (exact) mass is 379 g/mol. The molecule has 2 N–H and O–H groups in total. The Balaban J connectivity index is 1.59. The summed E-state index contributed by atoms with van der Waals surface area (Å²) in [5.41, 5.74) is 2.89. The van der Waals surface area contributed by atoms with Gasteiger partial charge in [0.05, 0.1) is 12.0 Å². The maximum Gasteiger partial charge on any atom is 0.258 e. The van der Waals surface area contributed by atoms with Crippen LogP contribution in [-0.2, 0) is 16.0 Å². The number of fused-ring (bicyclic) bond motifs is 1. The zero-order valence-corrected chi connectivity index (χ0v) is 15.9. The average molecular weight is 379 g/mol.